The van der Waals surface area contributed by atoms with Gasteiger partial charge < -0.3 is 10.3 Å². The van der Waals surface area contributed by atoms with Gasteiger partial charge in [0, 0.05) is 34.6 Å². The average Bonchev–Trinajstić information content (AvgIpc) is 2.92. The highest BCUT2D eigenvalue weighted by molar-refractivity contribution is 5.95. The summed E-state index contributed by atoms with van der Waals surface area (Å²) in [7, 11) is 0. The van der Waals surface area contributed by atoms with Gasteiger partial charge in [-0.1, -0.05) is 36.4 Å². The predicted molar refractivity (Wildman–Crippen MR) is 92.8 cm³/mol. The van der Waals surface area contributed by atoms with Gasteiger partial charge in [-0.2, -0.15) is 0 Å². The quantitative estimate of drug-likeness (QED) is 0.744. The molecule has 0 aliphatic heterocycles. The van der Waals surface area contributed by atoms with Gasteiger partial charge in [-0.25, -0.2) is 0 Å². The van der Waals surface area contributed by atoms with Crippen LogP contribution in [0.4, 0.5) is 0 Å². The van der Waals surface area contributed by atoms with Gasteiger partial charge in [-0.3, -0.25) is 4.79 Å². The molecule has 23 heavy (non-hydrogen) atoms. The molecule has 1 atom stereocenters. The molecule has 1 amide bonds. The summed E-state index contributed by atoms with van der Waals surface area (Å²) < 4.78 is 0. The van der Waals surface area contributed by atoms with Gasteiger partial charge in [-0.15, -0.1) is 0 Å². The summed E-state index contributed by atoms with van der Waals surface area (Å²) in [4.78, 5) is 16.0. The lowest BCUT2D eigenvalue weighted by atomic mass is 9.91. The largest absolute Gasteiger partial charge is 0.358 e. The Morgan fingerprint density at radius 2 is 1.91 bits per heavy atom. The van der Waals surface area contributed by atoms with Crippen molar-refractivity contribution in [1.29, 1.82) is 0 Å². The highest BCUT2D eigenvalue weighted by Gasteiger charge is 2.24. The Morgan fingerprint density at radius 3 is 2.78 bits per heavy atom. The lowest BCUT2D eigenvalue weighted by Crippen LogP contribution is -2.39. The minimum atomic E-state index is 0.0349. The van der Waals surface area contributed by atoms with Crippen LogP contribution < -0.4 is 5.32 Å². The Kier molecular flexibility index (Phi) is 3.41. The Morgan fingerprint density at radius 1 is 1.13 bits per heavy atom. The molecule has 3 aromatic rings. The first-order valence-electron chi connectivity index (χ1n) is 8.17. The van der Waals surface area contributed by atoms with Crippen molar-refractivity contribution in [2.75, 3.05) is 0 Å². The van der Waals surface area contributed by atoms with Crippen molar-refractivity contribution in [1.82, 2.24) is 10.3 Å². The first-order chi connectivity index (χ1) is 11.2. The van der Waals surface area contributed by atoms with Gasteiger partial charge in [0.05, 0.1) is 0 Å². The number of hydrogen-bond donors (Lipinski definition) is 2. The maximum absolute atomic E-state index is 12.5. The molecule has 0 saturated carbocycles. The zero-order valence-electron chi connectivity index (χ0n) is 13.2. The number of aromatic amines is 1. The van der Waals surface area contributed by atoms with Crippen LogP contribution in [0.15, 0.2) is 48.5 Å². The van der Waals surface area contributed by atoms with E-state index in [4.69, 9.17) is 0 Å². The first kappa shape index (κ1) is 14.1. The second-order valence-corrected chi connectivity index (χ2v) is 6.36. The van der Waals surface area contributed by atoms with Gasteiger partial charge in [0.1, 0.15) is 0 Å². The lowest BCUT2D eigenvalue weighted by molar-refractivity contribution is 0.0933. The van der Waals surface area contributed by atoms with E-state index in [1.165, 1.54) is 22.2 Å². The first-order valence-corrected chi connectivity index (χ1v) is 8.17. The lowest BCUT2D eigenvalue weighted by Gasteiger charge is -2.24. The fourth-order valence-corrected chi connectivity index (χ4v) is 3.60. The van der Waals surface area contributed by atoms with Crippen LogP contribution in [-0.4, -0.2) is 16.9 Å². The van der Waals surface area contributed by atoms with Crippen LogP contribution in [0.2, 0.25) is 0 Å². The number of para-hydroxylation sites is 1. The van der Waals surface area contributed by atoms with E-state index in [0.717, 1.165) is 30.4 Å². The van der Waals surface area contributed by atoms with Crippen LogP contribution in [0.1, 0.15) is 33.6 Å². The fraction of sp³-hybridized carbons (Fsp3) is 0.250. The molecule has 116 valence electrons. The zero-order valence-corrected chi connectivity index (χ0v) is 13.2. The molecule has 1 aliphatic rings. The zero-order chi connectivity index (χ0) is 15.8. The van der Waals surface area contributed by atoms with E-state index in [1.807, 2.05) is 31.2 Å². The molecule has 1 aromatic heterocycles. The van der Waals surface area contributed by atoms with Gasteiger partial charge in [0.15, 0.2) is 0 Å². The normalized spacial score (nSPS) is 17.0. The van der Waals surface area contributed by atoms with E-state index >= 15 is 0 Å². The molecule has 0 bridgehead atoms. The Bertz CT molecular complexity index is 878. The van der Waals surface area contributed by atoms with Crippen molar-refractivity contribution in [2.45, 2.75) is 32.2 Å². The Balaban J connectivity index is 1.54. The second kappa shape index (κ2) is 5.58. The predicted octanol–water partition coefficient (Wildman–Crippen LogP) is 3.76. The van der Waals surface area contributed by atoms with Gasteiger partial charge in [0.2, 0.25) is 0 Å². The van der Waals surface area contributed by atoms with Gasteiger partial charge in [0.25, 0.3) is 5.91 Å². The van der Waals surface area contributed by atoms with Crippen molar-refractivity contribution in [3.63, 3.8) is 0 Å². The number of amides is 1. The highest BCUT2D eigenvalue weighted by atomic mass is 16.1. The number of nitrogens with one attached hydrogen (secondary N) is 2. The molecule has 1 aliphatic carbocycles. The van der Waals surface area contributed by atoms with Gasteiger partial charge in [-0.05, 0) is 43.0 Å². The van der Waals surface area contributed by atoms with Crippen LogP contribution in [0.25, 0.3) is 10.9 Å². The van der Waals surface area contributed by atoms with Crippen molar-refractivity contribution >= 4 is 16.8 Å². The number of aromatic nitrogens is 1. The number of carbonyl (C=O) groups excluding carboxylic acids is 1. The smallest absolute Gasteiger partial charge is 0.251 e. The number of benzene rings is 2. The summed E-state index contributed by atoms with van der Waals surface area (Å²) in [6.45, 7) is 1.98. The van der Waals surface area contributed by atoms with Crippen molar-refractivity contribution in [3.8, 4) is 0 Å². The standard InChI is InChI=1S/C20H20N2O/c1-13-6-2-3-7-15(13)20(23)21-14-10-11-17-16-8-4-5-9-18(16)22-19(17)12-14/h2-9,14,22H,10-12H2,1H3,(H,21,23). The van der Waals surface area contributed by atoms with E-state index in [1.54, 1.807) is 0 Å². The molecule has 0 spiro atoms. The van der Waals surface area contributed by atoms with E-state index in [0.29, 0.717) is 0 Å². The van der Waals surface area contributed by atoms with Crippen molar-refractivity contribution in [3.05, 3.63) is 70.9 Å². The number of fused-ring (bicyclic) bond motifs is 3. The summed E-state index contributed by atoms with van der Waals surface area (Å²) in [6, 6.07) is 16.4. The van der Waals surface area contributed by atoms with Crippen LogP contribution in [0, 0.1) is 6.92 Å². The number of hydrogen-bond acceptors (Lipinski definition) is 1. The van der Waals surface area contributed by atoms with Crippen molar-refractivity contribution in [2.24, 2.45) is 0 Å². The van der Waals surface area contributed by atoms with E-state index in [2.05, 4.69) is 34.6 Å². The van der Waals surface area contributed by atoms with Crippen LogP contribution in [-0.2, 0) is 12.8 Å². The Hall–Kier alpha value is -2.55. The summed E-state index contributed by atoms with van der Waals surface area (Å²) in [5.74, 6) is 0.0349. The monoisotopic (exact) mass is 304 g/mol. The second-order valence-electron chi connectivity index (χ2n) is 6.36. The van der Waals surface area contributed by atoms with E-state index in [9.17, 15) is 4.79 Å². The van der Waals surface area contributed by atoms with E-state index in [-0.39, 0.29) is 11.9 Å². The number of rotatable bonds is 2. The molecule has 1 heterocycles. The summed E-state index contributed by atoms with van der Waals surface area (Å²) in [5.41, 5.74) is 5.68. The molecule has 0 radical (unpaired) electrons. The molecule has 4 rings (SSSR count). The molecule has 0 saturated heterocycles. The molecule has 3 nitrogen and oxygen atoms in total. The fourth-order valence-electron chi connectivity index (χ4n) is 3.60. The van der Waals surface area contributed by atoms with E-state index < -0.39 is 0 Å². The minimum absolute atomic E-state index is 0.0349. The number of aryl methyl sites for hydroxylation is 2. The molecule has 2 N–H and O–H groups in total. The highest BCUT2D eigenvalue weighted by Crippen LogP contribution is 2.29. The minimum Gasteiger partial charge on any atom is -0.358 e. The molecular weight excluding hydrogens is 284 g/mol. The Labute approximate surface area is 135 Å². The molecular formula is C20H20N2O. The molecule has 3 heteroatoms. The maximum Gasteiger partial charge on any atom is 0.251 e. The third-order valence-electron chi connectivity index (χ3n) is 4.82. The molecule has 1 unspecified atom stereocenters. The van der Waals surface area contributed by atoms with Crippen LogP contribution in [0.5, 0.6) is 0 Å². The third-order valence-corrected chi connectivity index (χ3v) is 4.82. The van der Waals surface area contributed by atoms with Crippen molar-refractivity contribution < 1.29 is 4.79 Å². The topological polar surface area (TPSA) is 44.9 Å². The average molecular weight is 304 g/mol. The summed E-state index contributed by atoms with van der Waals surface area (Å²) in [5, 5.41) is 4.53. The van der Waals surface area contributed by atoms with Crippen LogP contribution in [0.3, 0.4) is 0 Å². The number of H-pyrrole nitrogens is 1. The maximum atomic E-state index is 12.5. The SMILES string of the molecule is Cc1ccccc1C(=O)NC1CCc2c([nH]c3ccccc23)C1. The van der Waals surface area contributed by atoms with Crippen LogP contribution >= 0.6 is 0 Å². The van der Waals surface area contributed by atoms with Gasteiger partial charge >= 0.3 is 0 Å². The molecule has 2 aromatic carbocycles. The number of carbonyl (C=O) groups is 1. The summed E-state index contributed by atoms with van der Waals surface area (Å²) in [6.07, 6.45) is 2.88. The summed E-state index contributed by atoms with van der Waals surface area (Å²) >= 11 is 0. The molecule has 0 fully saturated rings. The third kappa shape index (κ3) is 2.52.